The van der Waals surface area contributed by atoms with Crippen molar-refractivity contribution in [3.8, 4) is 11.3 Å². The van der Waals surface area contributed by atoms with Crippen molar-refractivity contribution in [1.82, 2.24) is 10.2 Å². The van der Waals surface area contributed by atoms with Crippen molar-refractivity contribution < 1.29 is 17.6 Å². The largest absolute Gasteiger partial charge is 0.322 e. The van der Waals surface area contributed by atoms with Crippen molar-refractivity contribution in [2.45, 2.75) is 11.9 Å². The second-order valence-electron chi connectivity index (χ2n) is 5.79. The van der Waals surface area contributed by atoms with Crippen molar-refractivity contribution in [2.24, 2.45) is 0 Å². The predicted molar refractivity (Wildman–Crippen MR) is 105 cm³/mol. The van der Waals surface area contributed by atoms with E-state index in [0.717, 1.165) is 6.07 Å². The molecule has 0 aliphatic heterocycles. The summed E-state index contributed by atoms with van der Waals surface area (Å²) in [7, 11) is -3.41. The number of carbonyl (C=O) groups excluding carboxylic acids is 1. The number of anilines is 1. The van der Waals surface area contributed by atoms with Gasteiger partial charge in [-0.05, 0) is 36.4 Å². The predicted octanol–water partition coefficient (Wildman–Crippen LogP) is 3.98. The molecular formula is C19H15ClFN3O3S. The number of halogens is 2. The summed E-state index contributed by atoms with van der Waals surface area (Å²) >= 11 is 5.89. The molecule has 0 radical (unpaired) electrons. The van der Waals surface area contributed by atoms with E-state index in [1.54, 1.807) is 30.3 Å². The minimum Gasteiger partial charge on any atom is -0.322 e. The maximum atomic E-state index is 13.8. The summed E-state index contributed by atoms with van der Waals surface area (Å²) in [6, 6.07) is 13.5. The first-order chi connectivity index (χ1) is 13.3. The summed E-state index contributed by atoms with van der Waals surface area (Å²) in [6.45, 7) is 1.53. The Morgan fingerprint density at radius 1 is 1.07 bits per heavy atom. The molecule has 0 spiro atoms. The van der Waals surface area contributed by atoms with Gasteiger partial charge in [0.1, 0.15) is 5.82 Å². The molecule has 2 aromatic carbocycles. The van der Waals surface area contributed by atoms with Gasteiger partial charge in [0.05, 0.1) is 22.0 Å². The third-order valence-electron chi connectivity index (χ3n) is 3.97. The van der Waals surface area contributed by atoms with Crippen LogP contribution >= 0.6 is 11.6 Å². The van der Waals surface area contributed by atoms with E-state index in [2.05, 4.69) is 15.5 Å². The van der Waals surface area contributed by atoms with Gasteiger partial charge >= 0.3 is 0 Å². The molecule has 0 aliphatic carbocycles. The Kier molecular flexibility index (Phi) is 5.71. The van der Waals surface area contributed by atoms with Crippen molar-refractivity contribution in [2.75, 3.05) is 11.1 Å². The Labute approximate surface area is 166 Å². The number of amides is 1. The normalized spacial score (nSPS) is 11.2. The molecule has 9 heteroatoms. The third kappa shape index (κ3) is 4.18. The fourth-order valence-corrected chi connectivity index (χ4v) is 3.41. The van der Waals surface area contributed by atoms with Crippen LogP contribution in [0.25, 0.3) is 11.3 Å². The second-order valence-corrected chi connectivity index (χ2v) is 8.42. The maximum absolute atomic E-state index is 13.8. The van der Waals surface area contributed by atoms with Gasteiger partial charge in [-0.25, -0.2) is 12.8 Å². The fourth-order valence-electron chi connectivity index (χ4n) is 2.42. The Bertz CT molecular complexity index is 1100. The second kappa shape index (κ2) is 8.04. The Morgan fingerprint density at radius 3 is 2.36 bits per heavy atom. The zero-order chi connectivity index (χ0) is 20.3. The van der Waals surface area contributed by atoms with E-state index in [1.165, 1.54) is 25.1 Å². The topological polar surface area (TPSA) is 89.0 Å². The molecule has 6 nitrogen and oxygen atoms in total. The van der Waals surface area contributed by atoms with Gasteiger partial charge in [0.2, 0.25) is 0 Å². The van der Waals surface area contributed by atoms with Crippen molar-refractivity contribution in [1.29, 1.82) is 0 Å². The van der Waals surface area contributed by atoms with E-state index in [1.807, 2.05) is 0 Å². The highest BCUT2D eigenvalue weighted by atomic mass is 35.5. The molecule has 1 aromatic heterocycles. The molecule has 0 fully saturated rings. The van der Waals surface area contributed by atoms with Crippen LogP contribution in [0.4, 0.5) is 10.1 Å². The van der Waals surface area contributed by atoms with Gasteiger partial charge in [-0.15, -0.1) is 10.2 Å². The number of rotatable bonds is 5. The van der Waals surface area contributed by atoms with Crippen LogP contribution in [0.15, 0.2) is 59.6 Å². The molecule has 1 heterocycles. The summed E-state index contributed by atoms with van der Waals surface area (Å²) in [5.41, 5.74) is 1.36. The van der Waals surface area contributed by atoms with Gasteiger partial charge in [-0.1, -0.05) is 36.7 Å². The number of carbonyl (C=O) groups is 1. The monoisotopic (exact) mass is 419 g/mol. The van der Waals surface area contributed by atoms with Gasteiger partial charge in [-0.3, -0.25) is 4.79 Å². The molecule has 0 atom stereocenters. The molecule has 3 rings (SSSR count). The molecular weight excluding hydrogens is 405 g/mol. The first-order valence-corrected chi connectivity index (χ1v) is 10.3. The molecule has 28 heavy (non-hydrogen) atoms. The fraction of sp³-hybridized carbons (Fsp3) is 0.105. The van der Waals surface area contributed by atoms with E-state index in [9.17, 15) is 17.6 Å². The lowest BCUT2D eigenvalue weighted by molar-refractivity contribution is 0.102. The SMILES string of the molecule is CCS(=O)(=O)c1ccc(-c2ccc(NC(=O)c3c(F)cccc3Cl)cc2)nn1. The number of aromatic nitrogens is 2. The molecule has 1 N–H and O–H groups in total. The van der Waals surface area contributed by atoms with Crippen LogP contribution in [-0.4, -0.2) is 30.3 Å². The van der Waals surface area contributed by atoms with E-state index in [4.69, 9.17) is 11.6 Å². The molecule has 3 aromatic rings. The quantitative estimate of drug-likeness (QED) is 0.675. The van der Waals surface area contributed by atoms with E-state index in [-0.39, 0.29) is 21.4 Å². The molecule has 0 bridgehead atoms. The van der Waals surface area contributed by atoms with Gasteiger partial charge in [0.25, 0.3) is 5.91 Å². The molecule has 144 valence electrons. The maximum Gasteiger partial charge on any atom is 0.260 e. The summed E-state index contributed by atoms with van der Waals surface area (Å²) < 4.78 is 37.4. The lowest BCUT2D eigenvalue weighted by Crippen LogP contribution is -2.14. The molecule has 0 aliphatic rings. The van der Waals surface area contributed by atoms with Crippen molar-refractivity contribution >= 4 is 33.0 Å². The average molecular weight is 420 g/mol. The van der Waals surface area contributed by atoms with Crippen LogP contribution in [-0.2, 0) is 9.84 Å². The van der Waals surface area contributed by atoms with Crippen molar-refractivity contribution in [3.05, 3.63) is 71.0 Å². The first kappa shape index (κ1) is 19.9. The molecule has 0 saturated carbocycles. The highest BCUT2D eigenvalue weighted by Crippen LogP contribution is 2.23. The highest BCUT2D eigenvalue weighted by molar-refractivity contribution is 7.91. The minimum absolute atomic E-state index is 0.0199. The number of hydrogen-bond donors (Lipinski definition) is 1. The average Bonchev–Trinajstić information content (AvgIpc) is 2.68. The molecule has 0 unspecified atom stereocenters. The van der Waals surface area contributed by atoms with Crippen LogP contribution < -0.4 is 5.32 Å². The van der Waals surface area contributed by atoms with Gasteiger partial charge in [0, 0.05) is 11.3 Å². The zero-order valence-corrected chi connectivity index (χ0v) is 16.3. The number of benzene rings is 2. The van der Waals surface area contributed by atoms with E-state index < -0.39 is 21.6 Å². The van der Waals surface area contributed by atoms with Crippen LogP contribution in [0.3, 0.4) is 0 Å². The Morgan fingerprint density at radius 2 is 1.79 bits per heavy atom. The van der Waals surface area contributed by atoms with Gasteiger partial charge < -0.3 is 5.32 Å². The summed E-state index contributed by atoms with van der Waals surface area (Å²) in [4.78, 5) is 12.3. The Hall–Kier alpha value is -2.84. The standard InChI is InChI=1S/C19H15ClFN3O3S/c1-2-28(26,27)17-11-10-16(23-24-17)12-6-8-13(9-7-12)22-19(25)18-14(20)4-3-5-15(18)21/h3-11H,2H2,1H3,(H,22,25). The zero-order valence-electron chi connectivity index (χ0n) is 14.7. The van der Waals surface area contributed by atoms with Gasteiger partial charge in [0.15, 0.2) is 14.9 Å². The summed E-state index contributed by atoms with van der Waals surface area (Å²) in [5.74, 6) is -1.43. The van der Waals surface area contributed by atoms with Gasteiger partial charge in [-0.2, -0.15) is 0 Å². The smallest absolute Gasteiger partial charge is 0.260 e. The molecule has 1 amide bonds. The number of sulfone groups is 1. The summed E-state index contributed by atoms with van der Waals surface area (Å²) in [6.07, 6.45) is 0. The lowest BCUT2D eigenvalue weighted by atomic mass is 10.1. The first-order valence-electron chi connectivity index (χ1n) is 8.24. The van der Waals surface area contributed by atoms with E-state index in [0.29, 0.717) is 16.9 Å². The van der Waals surface area contributed by atoms with Crippen molar-refractivity contribution in [3.63, 3.8) is 0 Å². The number of nitrogens with zero attached hydrogens (tertiary/aromatic N) is 2. The van der Waals surface area contributed by atoms with Crippen LogP contribution in [0.1, 0.15) is 17.3 Å². The number of nitrogens with one attached hydrogen (secondary N) is 1. The van der Waals surface area contributed by atoms with E-state index >= 15 is 0 Å². The minimum atomic E-state index is -3.41. The lowest BCUT2D eigenvalue weighted by Gasteiger charge is -2.08. The summed E-state index contributed by atoms with van der Waals surface area (Å²) in [5, 5.41) is 10.2. The number of hydrogen-bond acceptors (Lipinski definition) is 5. The Balaban J connectivity index is 1.78. The van der Waals surface area contributed by atoms with Crippen LogP contribution in [0.5, 0.6) is 0 Å². The third-order valence-corrected chi connectivity index (χ3v) is 5.90. The highest BCUT2D eigenvalue weighted by Gasteiger charge is 2.16. The van der Waals surface area contributed by atoms with Crippen LogP contribution in [0.2, 0.25) is 5.02 Å². The molecule has 0 saturated heterocycles. The van der Waals surface area contributed by atoms with Crippen LogP contribution in [0, 0.1) is 5.82 Å².